The van der Waals surface area contributed by atoms with E-state index >= 15 is 0 Å². The molecule has 2 rings (SSSR count). The van der Waals surface area contributed by atoms with E-state index in [1.54, 1.807) is 0 Å². The highest BCUT2D eigenvalue weighted by atomic mass is 79.9. The zero-order valence-electron chi connectivity index (χ0n) is 10.2. The summed E-state index contributed by atoms with van der Waals surface area (Å²) in [6.07, 6.45) is 0. The van der Waals surface area contributed by atoms with Gasteiger partial charge in [0.1, 0.15) is 0 Å². The van der Waals surface area contributed by atoms with Crippen LogP contribution in [0.15, 0.2) is 53.0 Å². The molecule has 0 aliphatic heterocycles. The lowest BCUT2D eigenvalue weighted by molar-refractivity contribution is 0.628. The second-order valence-electron chi connectivity index (χ2n) is 4.07. The predicted octanol–water partition coefficient (Wildman–Crippen LogP) is 4.80. The predicted molar refractivity (Wildman–Crippen MR) is 81.1 cm³/mol. The molecule has 0 spiro atoms. The van der Waals surface area contributed by atoms with E-state index in [-0.39, 0.29) is 6.04 Å². The van der Waals surface area contributed by atoms with E-state index in [1.165, 1.54) is 11.1 Å². The van der Waals surface area contributed by atoms with Crippen molar-refractivity contribution in [2.75, 3.05) is 6.54 Å². The Hall–Kier alpha value is -0.830. The second-order valence-corrected chi connectivity index (χ2v) is 5.36. The van der Waals surface area contributed by atoms with Gasteiger partial charge in [-0.2, -0.15) is 0 Å². The normalized spacial score (nSPS) is 12.4. The van der Waals surface area contributed by atoms with E-state index in [0.717, 1.165) is 16.0 Å². The lowest BCUT2D eigenvalue weighted by atomic mass is 9.99. The van der Waals surface area contributed by atoms with Gasteiger partial charge >= 0.3 is 0 Å². The molecule has 1 unspecified atom stereocenters. The number of halogens is 2. The second kappa shape index (κ2) is 6.37. The number of nitrogens with one attached hydrogen (secondary N) is 1. The summed E-state index contributed by atoms with van der Waals surface area (Å²) in [4.78, 5) is 0. The molecule has 18 heavy (non-hydrogen) atoms. The van der Waals surface area contributed by atoms with Crippen LogP contribution in [0.3, 0.4) is 0 Å². The van der Waals surface area contributed by atoms with Gasteiger partial charge in [-0.3, -0.25) is 0 Å². The molecule has 0 aliphatic carbocycles. The smallest absolute Gasteiger partial charge is 0.0588 e. The summed E-state index contributed by atoms with van der Waals surface area (Å²) in [6, 6.07) is 16.4. The van der Waals surface area contributed by atoms with Crippen molar-refractivity contribution in [3.63, 3.8) is 0 Å². The van der Waals surface area contributed by atoms with Gasteiger partial charge in [0.2, 0.25) is 0 Å². The Kier molecular flexibility index (Phi) is 4.81. The van der Waals surface area contributed by atoms with Crippen molar-refractivity contribution >= 4 is 27.5 Å². The van der Waals surface area contributed by atoms with Crippen molar-refractivity contribution in [1.29, 1.82) is 0 Å². The summed E-state index contributed by atoms with van der Waals surface area (Å²) >= 11 is 9.69. The summed E-state index contributed by atoms with van der Waals surface area (Å²) < 4.78 is 1.11. The molecule has 3 heteroatoms. The first-order valence-corrected chi connectivity index (χ1v) is 7.12. The molecule has 1 atom stereocenters. The van der Waals surface area contributed by atoms with Crippen molar-refractivity contribution in [3.05, 3.63) is 69.2 Å². The van der Waals surface area contributed by atoms with E-state index in [0.29, 0.717) is 0 Å². The molecule has 0 aliphatic rings. The fraction of sp³-hybridized carbons (Fsp3) is 0.200. The Balaban J connectivity index is 2.43. The van der Waals surface area contributed by atoms with E-state index in [1.807, 2.05) is 24.3 Å². The molecule has 1 nitrogen and oxygen atoms in total. The lowest BCUT2D eigenvalue weighted by Crippen LogP contribution is -2.22. The first kappa shape index (κ1) is 13.6. The van der Waals surface area contributed by atoms with Crippen LogP contribution in [0.2, 0.25) is 5.02 Å². The maximum absolute atomic E-state index is 6.08. The van der Waals surface area contributed by atoms with Crippen molar-refractivity contribution in [1.82, 2.24) is 5.32 Å². The molecule has 0 amide bonds. The number of hydrogen-bond donors (Lipinski definition) is 1. The monoisotopic (exact) mass is 323 g/mol. The van der Waals surface area contributed by atoms with Crippen LogP contribution in [0.1, 0.15) is 24.1 Å². The third kappa shape index (κ3) is 3.14. The van der Waals surface area contributed by atoms with Crippen LogP contribution in [0.5, 0.6) is 0 Å². The van der Waals surface area contributed by atoms with Gasteiger partial charge in [0.15, 0.2) is 0 Å². The Bertz CT molecular complexity index is 527. The zero-order chi connectivity index (χ0) is 13.0. The largest absolute Gasteiger partial charge is 0.306 e. The molecule has 0 aromatic heterocycles. The molecule has 94 valence electrons. The van der Waals surface area contributed by atoms with Gasteiger partial charge in [-0.15, -0.1) is 0 Å². The Morgan fingerprint density at radius 1 is 1.17 bits per heavy atom. The van der Waals surface area contributed by atoms with Crippen LogP contribution in [0.25, 0.3) is 0 Å². The summed E-state index contributed by atoms with van der Waals surface area (Å²) in [7, 11) is 0. The fourth-order valence-electron chi connectivity index (χ4n) is 2.01. The third-order valence-electron chi connectivity index (χ3n) is 2.81. The van der Waals surface area contributed by atoms with E-state index in [9.17, 15) is 0 Å². The van der Waals surface area contributed by atoms with Gasteiger partial charge in [0.05, 0.1) is 6.04 Å². The molecular weight excluding hydrogens is 310 g/mol. The quantitative estimate of drug-likeness (QED) is 0.851. The van der Waals surface area contributed by atoms with Crippen LogP contribution in [-0.2, 0) is 0 Å². The van der Waals surface area contributed by atoms with Crippen molar-refractivity contribution < 1.29 is 0 Å². The van der Waals surface area contributed by atoms with Crippen molar-refractivity contribution in [2.45, 2.75) is 13.0 Å². The highest BCUT2D eigenvalue weighted by Gasteiger charge is 2.15. The molecule has 2 aromatic rings. The van der Waals surface area contributed by atoms with Gasteiger partial charge < -0.3 is 5.32 Å². The molecule has 0 bridgehead atoms. The van der Waals surface area contributed by atoms with Crippen LogP contribution in [0, 0.1) is 0 Å². The summed E-state index contributed by atoms with van der Waals surface area (Å²) in [5, 5.41) is 4.26. The number of rotatable bonds is 4. The summed E-state index contributed by atoms with van der Waals surface area (Å²) in [5.41, 5.74) is 2.40. The Labute approximate surface area is 121 Å². The van der Waals surface area contributed by atoms with Gasteiger partial charge in [-0.25, -0.2) is 0 Å². The van der Waals surface area contributed by atoms with Crippen LogP contribution >= 0.6 is 27.5 Å². The first-order chi connectivity index (χ1) is 8.72. The van der Waals surface area contributed by atoms with Gasteiger partial charge in [0, 0.05) is 9.50 Å². The standard InChI is InChI=1S/C15H15BrClN/c1-2-18-15(11-6-5-7-12(17)10-11)13-8-3-4-9-14(13)16/h3-10,15,18H,2H2,1H3. The highest BCUT2D eigenvalue weighted by molar-refractivity contribution is 9.10. The minimum atomic E-state index is 0.157. The molecular formula is C15H15BrClN. The number of benzene rings is 2. The van der Waals surface area contributed by atoms with Gasteiger partial charge in [-0.1, -0.05) is 64.8 Å². The Morgan fingerprint density at radius 3 is 2.61 bits per heavy atom. The minimum Gasteiger partial charge on any atom is -0.306 e. The maximum atomic E-state index is 6.08. The SMILES string of the molecule is CCNC(c1cccc(Cl)c1)c1ccccc1Br. The average molecular weight is 325 g/mol. The van der Waals surface area contributed by atoms with Crippen LogP contribution < -0.4 is 5.32 Å². The van der Waals surface area contributed by atoms with Crippen molar-refractivity contribution in [2.24, 2.45) is 0 Å². The average Bonchev–Trinajstić information content (AvgIpc) is 2.37. The number of hydrogen-bond acceptors (Lipinski definition) is 1. The third-order valence-corrected chi connectivity index (χ3v) is 3.76. The van der Waals surface area contributed by atoms with Gasteiger partial charge in [-0.05, 0) is 35.9 Å². The Morgan fingerprint density at radius 2 is 1.94 bits per heavy atom. The van der Waals surface area contributed by atoms with Gasteiger partial charge in [0.25, 0.3) is 0 Å². The first-order valence-electron chi connectivity index (χ1n) is 5.95. The maximum Gasteiger partial charge on any atom is 0.0588 e. The van der Waals surface area contributed by atoms with Crippen molar-refractivity contribution in [3.8, 4) is 0 Å². The highest BCUT2D eigenvalue weighted by Crippen LogP contribution is 2.29. The van der Waals surface area contributed by atoms with E-state index in [2.05, 4.69) is 52.4 Å². The molecule has 0 heterocycles. The topological polar surface area (TPSA) is 12.0 Å². The fourth-order valence-corrected chi connectivity index (χ4v) is 2.72. The minimum absolute atomic E-state index is 0.157. The zero-order valence-corrected chi connectivity index (χ0v) is 12.5. The molecule has 0 saturated carbocycles. The van der Waals surface area contributed by atoms with E-state index < -0.39 is 0 Å². The molecule has 2 aromatic carbocycles. The lowest BCUT2D eigenvalue weighted by Gasteiger charge is -2.20. The van der Waals surface area contributed by atoms with E-state index in [4.69, 9.17) is 11.6 Å². The van der Waals surface area contributed by atoms with Crippen LogP contribution in [0.4, 0.5) is 0 Å². The molecule has 0 radical (unpaired) electrons. The molecule has 0 saturated heterocycles. The summed E-state index contributed by atoms with van der Waals surface area (Å²) in [6.45, 7) is 3.01. The summed E-state index contributed by atoms with van der Waals surface area (Å²) in [5.74, 6) is 0. The molecule has 0 fully saturated rings. The van der Waals surface area contributed by atoms with Crippen LogP contribution in [-0.4, -0.2) is 6.54 Å². The molecule has 1 N–H and O–H groups in total.